The highest BCUT2D eigenvalue weighted by Gasteiger charge is 2.14. The van der Waals surface area contributed by atoms with Crippen LogP contribution >= 0.6 is 0 Å². The number of pyridine rings is 1. The molecule has 1 amide bonds. The first-order valence-corrected chi connectivity index (χ1v) is 9.49. The second-order valence-electron chi connectivity index (χ2n) is 6.79. The number of hydrogen-bond donors (Lipinski definition) is 1. The average Bonchev–Trinajstić information content (AvgIpc) is 3.18. The molecular weight excluding hydrogens is 396 g/mol. The fourth-order valence-corrected chi connectivity index (χ4v) is 2.96. The maximum absolute atomic E-state index is 12.4. The molecule has 0 saturated heterocycles. The third kappa shape index (κ3) is 4.48. The number of benzene rings is 2. The zero-order valence-electron chi connectivity index (χ0n) is 16.6. The SMILES string of the molecule is Cc1nnc2ccc(C(=O)OCC(=O)c3ccc(NC(=O)c4ccccc4)cc3)cn12. The highest BCUT2D eigenvalue weighted by atomic mass is 16.5. The van der Waals surface area contributed by atoms with Crippen molar-refractivity contribution in [2.24, 2.45) is 0 Å². The van der Waals surface area contributed by atoms with Crippen molar-refractivity contribution < 1.29 is 19.1 Å². The Labute approximate surface area is 177 Å². The normalized spacial score (nSPS) is 10.6. The van der Waals surface area contributed by atoms with Gasteiger partial charge >= 0.3 is 5.97 Å². The number of fused-ring (bicyclic) bond motifs is 1. The van der Waals surface area contributed by atoms with Crippen LogP contribution in [0.25, 0.3) is 5.65 Å². The van der Waals surface area contributed by atoms with E-state index >= 15 is 0 Å². The molecule has 0 aliphatic rings. The van der Waals surface area contributed by atoms with Gasteiger partial charge in [-0.2, -0.15) is 0 Å². The molecule has 0 bridgehead atoms. The molecule has 4 rings (SSSR count). The van der Waals surface area contributed by atoms with Crippen molar-refractivity contribution in [1.29, 1.82) is 0 Å². The van der Waals surface area contributed by atoms with E-state index < -0.39 is 12.6 Å². The number of esters is 1. The Hall–Kier alpha value is -4.33. The Balaban J connectivity index is 1.35. The van der Waals surface area contributed by atoms with Crippen molar-refractivity contribution in [1.82, 2.24) is 14.6 Å². The van der Waals surface area contributed by atoms with Crippen LogP contribution in [-0.4, -0.2) is 38.9 Å². The van der Waals surface area contributed by atoms with Gasteiger partial charge in [0.1, 0.15) is 5.82 Å². The fourth-order valence-electron chi connectivity index (χ4n) is 2.96. The fraction of sp³-hybridized carbons (Fsp3) is 0.0870. The van der Waals surface area contributed by atoms with Gasteiger partial charge in [-0.25, -0.2) is 4.79 Å². The summed E-state index contributed by atoms with van der Waals surface area (Å²) in [6.07, 6.45) is 1.57. The summed E-state index contributed by atoms with van der Waals surface area (Å²) in [5.74, 6) is -0.569. The number of aryl methyl sites for hydroxylation is 1. The van der Waals surface area contributed by atoms with Crippen LogP contribution < -0.4 is 5.32 Å². The van der Waals surface area contributed by atoms with Crippen LogP contribution in [0.4, 0.5) is 5.69 Å². The Morgan fingerprint density at radius 2 is 1.58 bits per heavy atom. The zero-order chi connectivity index (χ0) is 21.8. The number of nitrogens with one attached hydrogen (secondary N) is 1. The van der Waals surface area contributed by atoms with Crippen LogP contribution in [0, 0.1) is 6.92 Å². The highest BCUT2D eigenvalue weighted by molar-refractivity contribution is 6.05. The molecule has 8 heteroatoms. The maximum atomic E-state index is 12.4. The highest BCUT2D eigenvalue weighted by Crippen LogP contribution is 2.13. The first kappa shape index (κ1) is 20.0. The number of aromatic nitrogens is 3. The van der Waals surface area contributed by atoms with Crippen molar-refractivity contribution in [3.8, 4) is 0 Å². The Morgan fingerprint density at radius 1 is 0.871 bits per heavy atom. The summed E-state index contributed by atoms with van der Waals surface area (Å²) < 4.78 is 6.82. The lowest BCUT2D eigenvalue weighted by molar-refractivity contribution is 0.0474. The van der Waals surface area contributed by atoms with Crippen LogP contribution in [0.3, 0.4) is 0 Å². The topological polar surface area (TPSA) is 103 Å². The summed E-state index contributed by atoms with van der Waals surface area (Å²) >= 11 is 0. The van der Waals surface area contributed by atoms with Gasteiger partial charge in [0, 0.05) is 23.0 Å². The zero-order valence-corrected chi connectivity index (χ0v) is 16.6. The maximum Gasteiger partial charge on any atom is 0.340 e. The lowest BCUT2D eigenvalue weighted by Gasteiger charge is -2.07. The summed E-state index contributed by atoms with van der Waals surface area (Å²) in [7, 11) is 0. The van der Waals surface area contributed by atoms with Crippen molar-refractivity contribution in [3.05, 3.63) is 95.4 Å². The quantitative estimate of drug-likeness (QED) is 0.383. The lowest BCUT2D eigenvalue weighted by Crippen LogP contribution is -2.15. The molecule has 0 aliphatic heterocycles. The summed E-state index contributed by atoms with van der Waals surface area (Å²) in [6.45, 7) is 1.37. The molecule has 8 nitrogen and oxygen atoms in total. The molecule has 2 aromatic heterocycles. The molecule has 0 unspecified atom stereocenters. The summed E-state index contributed by atoms with van der Waals surface area (Å²) in [6, 6.07) is 18.4. The van der Waals surface area contributed by atoms with E-state index in [0.717, 1.165) is 0 Å². The number of amides is 1. The lowest BCUT2D eigenvalue weighted by atomic mass is 10.1. The van der Waals surface area contributed by atoms with E-state index in [4.69, 9.17) is 4.74 Å². The third-order valence-corrected chi connectivity index (χ3v) is 4.64. The summed E-state index contributed by atoms with van der Waals surface area (Å²) in [5.41, 5.74) is 2.37. The third-order valence-electron chi connectivity index (χ3n) is 4.64. The molecule has 0 spiro atoms. The van der Waals surface area contributed by atoms with Crippen LogP contribution in [0.5, 0.6) is 0 Å². The van der Waals surface area contributed by atoms with Crippen molar-refractivity contribution in [2.75, 3.05) is 11.9 Å². The molecular formula is C23H18N4O4. The van der Waals surface area contributed by atoms with Gasteiger partial charge in [-0.05, 0) is 55.5 Å². The number of anilines is 1. The smallest absolute Gasteiger partial charge is 0.340 e. The molecule has 2 aromatic carbocycles. The number of Topliss-reactive ketones (excluding diaryl/α,β-unsaturated/α-hetero) is 1. The van der Waals surface area contributed by atoms with Gasteiger partial charge in [0.25, 0.3) is 5.91 Å². The molecule has 2 heterocycles. The van der Waals surface area contributed by atoms with E-state index in [1.54, 1.807) is 78.2 Å². The number of nitrogens with zero attached hydrogens (tertiary/aromatic N) is 3. The second-order valence-corrected chi connectivity index (χ2v) is 6.79. The van der Waals surface area contributed by atoms with Crippen LogP contribution in [-0.2, 0) is 4.74 Å². The van der Waals surface area contributed by atoms with Gasteiger partial charge in [-0.3, -0.25) is 14.0 Å². The summed E-state index contributed by atoms with van der Waals surface area (Å²) in [4.78, 5) is 36.8. The Morgan fingerprint density at radius 3 is 2.32 bits per heavy atom. The number of hydrogen-bond acceptors (Lipinski definition) is 6. The van der Waals surface area contributed by atoms with Gasteiger partial charge in [0.05, 0.1) is 5.56 Å². The molecule has 0 radical (unpaired) electrons. The standard InChI is InChI=1S/C23H18N4O4/c1-15-25-26-21-12-9-18(13-27(15)21)23(30)31-14-20(28)16-7-10-19(11-8-16)24-22(29)17-5-3-2-4-6-17/h2-13H,14H2,1H3,(H,24,29). The largest absolute Gasteiger partial charge is 0.454 e. The molecule has 0 fully saturated rings. The van der Waals surface area contributed by atoms with E-state index in [2.05, 4.69) is 15.5 Å². The van der Waals surface area contributed by atoms with E-state index in [0.29, 0.717) is 33.8 Å². The van der Waals surface area contributed by atoms with E-state index in [-0.39, 0.29) is 11.7 Å². The van der Waals surface area contributed by atoms with Gasteiger partial charge < -0.3 is 10.1 Å². The number of carbonyl (C=O) groups excluding carboxylic acids is 3. The molecule has 154 valence electrons. The van der Waals surface area contributed by atoms with Crippen molar-refractivity contribution >= 4 is 29.0 Å². The van der Waals surface area contributed by atoms with E-state index in [9.17, 15) is 14.4 Å². The van der Waals surface area contributed by atoms with Crippen LogP contribution in [0.15, 0.2) is 72.9 Å². The number of carbonyl (C=O) groups is 3. The van der Waals surface area contributed by atoms with Gasteiger partial charge in [0.2, 0.25) is 0 Å². The molecule has 31 heavy (non-hydrogen) atoms. The van der Waals surface area contributed by atoms with Crippen molar-refractivity contribution in [3.63, 3.8) is 0 Å². The van der Waals surface area contributed by atoms with Crippen LogP contribution in [0.2, 0.25) is 0 Å². The van der Waals surface area contributed by atoms with E-state index in [1.165, 1.54) is 0 Å². The predicted molar refractivity (Wildman–Crippen MR) is 113 cm³/mol. The Kier molecular flexibility index (Phi) is 5.53. The molecule has 0 saturated carbocycles. The molecule has 4 aromatic rings. The first-order chi connectivity index (χ1) is 15.0. The molecule has 1 N–H and O–H groups in total. The first-order valence-electron chi connectivity index (χ1n) is 9.49. The van der Waals surface area contributed by atoms with Crippen molar-refractivity contribution in [2.45, 2.75) is 6.92 Å². The number of ether oxygens (including phenoxy) is 1. The molecule has 0 atom stereocenters. The Bertz CT molecular complexity index is 1260. The summed E-state index contributed by atoms with van der Waals surface area (Å²) in [5, 5.41) is 10.7. The number of rotatable bonds is 6. The van der Waals surface area contributed by atoms with Gasteiger partial charge in [0.15, 0.2) is 18.0 Å². The molecule has 0 aliphatic carbocycles. The second kappa shape index (κ2) is 8.58. The van der Waals surface area contributed by atoms with E-state index in [1.807, 2.05) is 6.07 Å². The van der Waals surface area contributed by atoms with Crippen LogP contribution in [0.1, 0.15) is 36.9 Å². The van der Waals surface area contributed by atoms with Gasteiger partial charge in [-0.15, -0.1) is 10.2 Å². The van der Waals surface area contributed by atoms with Gasteiger partial charge in [-0.1, -0.05) is 18.2 Å². The average molecular weight is 414 g/mol. The monoisotopic (exact) mass is 414 g/mol. The minimum atomic E-state index is -0.616. The minimum Gasteiger partial charge on any atom is -0.454 e. The predicted octanol–water partition coefficient (Wildman–Crippen LogP) is 3.33. The minimum absolute atomic E-state index is 0.242. The number of ketones is 1.